The molecule has 0 fully saturated rings. The Labute approximate surface area is 128 Å². The largest absolute Gasteiger partial charge is 0.460 e. The van der Waals surface area contributed by atoms with Crippen LogP contribution in [0.4, 0.5) is 0 Å². The normalized spacial score (nSPS) is 11.0. The number of hydrogen-bond acceptors (Lipinski definition) is 3. The van der Waals surface area contributed by atoms with Crippen molar-refractivity contribution in [2.45, 2.75) is 20.0 Å². The summed E-state index contributed by atoms with van der Waals surface area (Å²) in [5.41, 5.74) is 3.15. The lowest BCUT2D eigenvalue weighted by Gasteiger charge is -2.05. The third-order valence-corrected chi connectivity index (χ3v) is 3.47. The highest BCUT2D eigenvalue weighted by Gasteiger charge is 2.10. The van der Waals surface area contributed by atoms with Gasteiger partial charge in [-0.2, -0.15) is 5.10 Å². The molecular formula is C16H16ClN3O. The van der Waals surface area contributed by atoms with E-state index in [0.29, 0.717) is 6.54 Å². The monoisotopic (exact) mass is 301 g/mol. The van der Waals surface area contributed by atoms with Gasteiger partial charge in [0.15, 0.2) is 5.76 Å². The van der Waals surface area contributed by atoms with Crippen LogP contribution in [0.2, 0.25) is 5.02 Å². The fourth-order valence-corrected chi connectivity index (χ4v) is 2.43. The number of H-pyrrole nitrogens is 1. The topological polar surface area (TPSA) is 53.9 Å². The molecular weight excluding hydrogens is 286 g/mol. The number of nitrogens with zero attached hydrogens (tertiary/aromatic N) is 1. The van der Waals surface area contributed by atoms with Gasteiger partial charge >= 0.3 is 0 Å². The number of hydrogen-bond donors (Lipinski definition) is 2. The Hall–Kier alpha value is -2.04. The van der Waals surface area contributed by atoms with Crippen molar-refractivity contribution in [2.24, 2.45) is 0 Å². The SMILES string of the molecule is Cc1ccc(-c2[nH]ncc2CNCc2cccc(Cl)c2)o1. The zero-order valence-electron chi connectivity index (χ0n) is 11.7. The van der Waals surface area contributed by atoms with Crippen LogP contribution in [0, 0.1) is 6.92 Å². The molecule has 2 heterocycles. The molecule has 0 saturated carbocycles. The quantitative estimate of drug-likeness (QED) is 0.751. The minimum atomic E-state index is 0.706. The summed E-state index contributed by atoms with van der Waals surface area (Å²) in [6, 6.07) is 11.7. The van der Waals surface area contributed by atoms with Gasteiger partial charge in [-0.15, -0.1) is 0 Å². The second-order valence-electron chi connectivity index (χ2n) is 4.91. The molecule has 0 aliphatic carbocycles. The van der Waals surface area contributed by atoms with Crippen LogP contribution in [-0.2, 0) is 13.1 Å². The molecule has 0 atom stereocenters. The third kappa shape index (κ3) is 3.35. The summed E-state index contributed by atoms with van der Waals surface area (Å²) in [6.45, 7) is 3.39. The minimum absolute atomic E-state index is 0.706. The first-order valence-corrected chi connectivity index (χ1v) is 7.14. The lowest BCUT2D eigenvalue weighted by Crippen LogP contribution is -2.12. The second-order valence-corrected chi connectivity index (χ2v) is 5.35. The molecule has 0 unspecified atom stereocenters. The Kier molecular flexibility index (Phi) is 4.08. The molecule has 3 rings (SSSR count). The number of aryl methyl sites for hydroxylation is 1. The Morgan fingerprint density at radius 2 is 2.14 bits per heavy atom. The Morgan fingerprint density at radius 3 is 2.90 bits per heavy atom. The molecule has 0 spiro atoms. The van der Waals surface area contributed by atoms with Crippen LogP contribution in [0.3, 0.4) is 0 Å². The van der Waals surface area contributed by atoms with Gasteiger partial charge in [0.25, 0.3) is 0 Å². The Bertz CT molecular complexity index is 732. The molecule has 4 nitrogen and oxygen atoms in total. The molecule has 5 heteroatoms. The highest BCUT2D eigenvalue weighted by atomic mass is 35.5. The first-order chi connectivity index (χ1) is 10.2. The van der Waals surface area contributed by atoms with E-state index in [1.54, 1.807) is 0 Å². The van der Waals surface area contributed by atoms with Gasteiger partial charge in [0, 0.05) is 23.7 Å². The first-order valence-electron chi connectivity index (χ1n) is 6.76. The van der Waals surface area contributed by atoms with Crippen molar-refractivity contribution in [1.82, 2.24) is 15.5 Å². The van der Waals surface area contributed by atoms with Crippen molar-refractivity contribution in [1.29, 1.82) is 0 Å². The van der Waals surface area contributed by atoms with E-state index >= 15 is 0 Å². The number of nitrogens with one attached hydrogen (secondary N) is 2. The average molecular weight is 302 g/mol. The van der Waals surface area contributed by atoms with E-state index in [4.69, 9.17) is 16.0 Å². The maximum Gasteiger partial charge on any atom is 0.152 e. The van der Waals surface area contributed by atoms with Crippen molar-refractivity contribution < 1.29 is 4.42 Å². The van der Waals surface area contributed by atoms with Crippen LogP contribution in [0.25, 0.3) is 11.5 Å². The molecule has 0 aliphatic rings. The molecule has 108 valence electrons. The fraction of sp³-hybridized carbons (Fsp3) is 0.188. The highest BCUT2D eigenvalue weighted by Crippen LogP contribution is 2.23. The number of furan rings is 1. The van der Waals surface area contributed by atoms with Crippen molar-refractivity contribution >= 4 is 11.6 Å². The minimum Gasteiger partial charge on any atom is -0.460 e. The lowest BCUT2D eigenvalue weighted by molar-refractivity contribution is 0.545. The van der Waals surface area contributed by atoms with E-state index in [1.165, 1.54) is 0 Å². The summed E-state index contributed by atoms with van der Waals surface area (Å²) < 4.78 is 5.63. The smallest absolute Gasteiger partial charge is 0.152 e. The maximum absolute atomic E-state index is 5.98. The van der Waals surface area contributed by atoms with E-state index in [0.717, 1.165) is 39.9 Å². The third-order valence-electron chi connectivity index (χ3n) is 3.24. The van der Waals surface area contributed by atoms with E-state index in [1.807, 2.05) is 49.5 Å². The van der Waals surface area contributed by atoms with Crippen molar-refractivity contribution in [2.75, 3.05) is 0 Å². The van der Waals surface area contributed by atoms with Gasteiger partial charge < -0.3 is 9.73 Å². The summed E-state index contributed by atoms with van der Waals surface area (Å²) in [7, 11) is 0. The number of rotatable bonds is 5. The van der Waals surface area contributed by atoms with Crippen molar-refractivity contribution in [3.63, 3.8) is 0 Å². The van der Waals surface area contributed by atoms with Crippen LogP contribution in [0.15, 0.2) is 47.0 Å². The van der Waals surface area contributed by atoms with Gasteiger partial charge in [-0.25, -0.2) is 0 Å². The first kappa shape index (κ1) is 13.9. The molecule has 21 heavy (non-hydrogen) atoms. The van der Waals surface area contributed by atoms with Crippen LogP contribution in [0.5, 0.6) is 0 Å². The van der Waals surface area contributed by atoms with Gasteiger partial charge in [-0.1, -0.05) is 23.7 Å². The molecule has 0 amide bonds. The lowest BCUT2D eigenvalue weighted by atomic mass is 10.2. The second kappa shape index (κ2) is 6.16. The summed E-state index contributed by atoms with van der Waals surface area (Å²) >= 11 is 5.98. The molecule has 0 aliphatic heterocycles. The van der Waals surface area contributed by atoms with Gasteiger partial charge in [0.2, 0.25) is 0 Å². The summed E-state index contributed by atoms with van der Waals surface area (Å²) in [6.07, 6.45) is 1.82. The van der Waals surface area contributed by atoms with Crippen LogP contribution in [-0.4, -0.2) is 10.2 Å². The Balaban J connectivity index is 1.65. The van der Waals surface area contributed by atoms with E-state index in [2.05, 4.69) is 15.5 Å². The van der Waals surface area contributed by atoms with E-state index < -0.39 is 0 Å². The summed E-state index contributed by atoms with van der Waals surface area (Å²) in [5, 5.41) is 11.2. The predicted molar refractivity (Wildman–Crippen MR) is 83.0 cm³/mol. The molecule has 0 bridgehead atoms. The van der Waals surface area contributed by atoms with E-state index in [9.17, 15) is 0 Å². The van der Waals surface area contributed by atoms with Crippen LogP contribution >= 0.6 is 11.6 Å². The number of benzene rings is 1. The summed E-state index contributed by atoms with van der Waals surface area (Å²) in [4.78, 5) is 0. The molecule has 0 radical (unpaired) electrons. The van der Waals surface area contributed by atoms with Gasteiger partial charge in [0.05, 0.1) is 6.20 Å². The standard InChI is InChI=1S/C16H16ClN3O/c1-11-5-6-15(21-11)16-13(10-19-20-16)9-18-8-12-3-2-4-14(17)7-12/h2-7,10,18H,8-9H2,1H3,(H,19,20). The zero-order chi connectivity index (χ0) is 14.7. The van der Waals surface area contributed by atoms with Crippen molar-refractivity contribution in [3.05, 3.63) is 64.5 Å². The molecule has 2 N–H and O–H groups in total. The average Bonchev–Trinajstić information content (AvgIpc) is 3.07. The number of aromatic nitrogens is 2. The van der Waals surface area contributed by atoms with E-state index in [-0.39, 0.29) is 0 Å². The zero-order valence-corrected chi connectivity index (χ0v) is 12.4. The molecule has 2 aromatic heterocycles. The number of halogens is 1. The van der Waals surface area contributed by atoms with Gasteiger partial charge in [-0.3, -0.25) is 5.10 Å². The van der Waals surface area contributed by atoms with Crippen LogP contribution in [0.1, 0.15) is 16.9 Å². The molecule has 1 aromatic carbocycles. The summed E-state index contributed by atoms with van der Waals surface area (Å²) in [5.74, 6) is 1.70. The molecule has 3 aromatic rings. The number of aromatic amines is 1. The maximum atomic E-state index is 5.98. The fourth-order valence-electron chi connectivity index (χ4n) is 2.22. The van der Waals surface area contributed by atoms with Gasteiger partial charge in [0.1, 0.15) is 11.5 Å². The van der Waals surface area contributed by atoms with Crippen LogP contribution < -0.4 is 5.32 Å². The van der Waals surface area contributed by atoms with Gasteiger partial charge in [-0.05, 0) is 36.8 Å². The predicted octanol–water partition coefficient (Wildman–Crippen LogP) is 3.92. The molecule has 0 saturated heterocycles. The Morgan fingerprint density at radius 1 is 1.24 bits per heavy atom. The highest BCUT2D eigenvalue weighted by molar-refractivity contribution is 6.30. The van der Waals surface area contributed by atoms with Crippen molar-refractivity contribution in [3.8, 4) is 11.5 Å².